The minimum Gasteiger partial charge on any atom is -0.352 e. The van der Waals surface area contributed by atoms with Crippen LogP contribution in [0.1, 0.15) is 55.1 Å². The van der Waals surface area contributed by atoms with Crippen LogP contribution in [0, 0.1) is 5.92 Å². The van der Waals surface area contributed by atoms with E-state index in [1.54, 1.807) is 24.4 Å². The van der Waals surface area contributed by atoms with Crippen LogP contribution in [-0.2, 0) is 12.6 Å². The number of nitrogens with zero attached hydrogens (tertiary/aromatic N) is 1. The van der Waals surface area contributed by atoms with E-state index >= 15 is 0 Å². The molecule has 0 saturated carbocycles. The summed E-state index contributed by atoms with van der Waals surface area (Å²) in [6.07, 6.45) is -0.575. The average Bonchev–Trinajstić information content (AvgIpc) is 2.66. The Morgan fingerprint density at radius 1 is 1.14 bits per heavy atom. The summed E-state index contributed by atoms with van der Waals surface area (Å²) in [5, 5.41) is 3.67. The van der Waals surface area contributed by atoms with Crippen molar-refractivity contribution >= 4 is 17.7 Å². The van der Waals surface area contributed by atoms with E-state index in [-0.39, 0.29) is 11.2 Å². The predicted molar refractivity (Wildman–Crippen MR) is 111 cm³/mol. The lowest BCUT2D eigenvalue weighted by molar-refractivity contribution is -0.137. The molecule has 0 aliphatic rings. The van der Waals surface area contributed by atoms with Gasteiger partial charge in [-0.3, -0.25) is 4.79 Å². The summed E-state index contributed by atoms with van der Waals surface area (Å²) in [6.45, 7) is 6.81. The third-order valence-electron chi connectivity index (χ3n) is 4.43. The molecule has 0 bridgehead atoms. The third-order valence-corrected chi connectivity index (χ3v) is 5.62. The van der Waals surface area contributed by atoms with Crippen LogP contribution in [0.15, 0.2) is 47.6 Å². The van der Waals surface area contributed by atoms with Crippen molar-refractivity contribution in [3.8, 4) is 0 Å². The summed E-state index contributed by atoms with van der Waals surface area (Å²) in [4.78, 5) is 16.8. The number of hydrogen-bond donors (Lipinski definition) is 1. The fourth-order valence-electron chi connectivity index (χ4n) is 2.75. The van der Waals surface area contributed by atoms with Gasteiger partial charge in [-0.15, -0.1) is 11.8 Å². The van der Waals surface area contributed by atoms with Crippen LogP contribution in [0.4, 0.5) is 13.2 Å². The van der Waals surface area contributed by atoms with E-state index in [9.17, 15) is 18.0 Å². The van der Waals surface area contributed by atoms with Crippen molar-refractivity contribution in [2.45, 2.75) is 56.5 Å². The molecule has 1 aromatic carbocycles. The quantitative estimate of drug-likeness (QED) is 0.503. The van der Waals surface area contributed by atoms with Gasteiger partial charge in [0, 0.05) is 18.0 Å². The Labute approximate surface area is 174 Å². The minimum atomic E-state index is -4.33. The second-order valence-corrected chi connectivity index (χ2v) is 8.89. The molecule has 1 N–H and O–H groups in total. The Kier molecular flexibility index (Phi) is 8.56. The number of amides is 1. The molecular formula is C22H27F3N2OS. The molecule has 0 aliphatic carbocycles. The van der Waals surface area contributed by atoms with Gasteiger partial charge in [0.25, 0.3) is 5.91 Å². The van der Waals surface area contributed by atoms with E-state index in [2.05, 4.69) is 24.1 Å². The lowest BCUT2D eigenvalue weighted by Crippen LogP contribution is -2.26. The van der Waals surface area contributed by atoms with Crippen molar-refractivity contribution in [1.82, 2.24) is 10.3 Å². The predicted octanol–water partition coefficient (Wildman–Crippen LogP) is 5.99. The molecule has 3 nitrogen and oxygen atoms in total. The first-order chi connectivity index (χ1) is 13.7. The number of benzene rings is 1. The Hall–Kier alpha value is -2.02. The van der Waals surface area contributed by atoms with Crippen molar-refractivity contribution in [1.29, 1.82) is 0 Å². The number of thioether (sulfide) groups is 1. The van der Waals surface area contributed by atoms with Gasteiger partial charge in [0.05, 0.1) is 11.1 Å². The van der Waals surface area contributed by atoms with Crippen molar-refractivity contribution < 1.29 is 18.0 Å². The number of pyridine rings is 1. The summed E-state index contributed by atoms with van der Waals surface area (Å²) in [7, 11) is 0. The van der Waals surface area contributed by atoms with E-state index in [1.165, 1.54) is 23.9 Å². The standard InChI is InChI=1S/C22H27F3N2OS/c1-15(2)11-13-26-20(28)19-8-5-12-27-21(19)29-16(3)9-10-17-6-4-7-18(14-17)22(23,24)25/h4-8,12,14-16H,9-11,13H2,1-3H3,(H,26,28). The van der Waals surface area contributed by atoms with Crippen LogP contribution in [0.3, 0.4) is 0 Å². The molecule has 1 unspecified atom stereocenters. The van der Waals surface area contributed by atoms with Gasteiger partial charge >= 0.3 is 6.18 Å². The number of nitrogens with one attached hydrogen (secondary N) is 1. The van der Waals surface area contributed by atoms with Gasteiger partial charge in [-0.1, -0.05) is 39.0 Å². The maximum Gasteiger partial charge on any atom is 0.416 e. The van der Waals surface area contributed by atoms with E-state index in [0.29, 0.717) is 41.5 Å². The van der Waals surface area contributed by atoms with Crippen LogP contribution < -0.4 is 5.32 Å². The SMILES string of the molecule is CC(C)CCNC(=O)c1cccnc1SC(C)CCc1cccc(C(F)(F)F)c1. The first-order valence-electron chi connectivity index (χ1n) is 9.73. The second kappa shape index (κ2) is 10.7. The lowest BCUT2D eigenvalue weighted by atomic mass is 10.1. The highest BCUT2D eigenvalue weighted by molar-refractivity contribution is 7.99. The van der Waals surface area contributed by atoms with Gasteiger partial charge in [0.15, 0.2) is 0 Å². The summed E-state index contributed by atoms with van der Waals surface area (Å²) in [6, 6.07) is 8.91. The normalized spacial score (nSPS) is 12.8. The molecule has 0 radical (unpaired) electrons. The highest BCUT2D eigenvalue weighted by Crippen LogP contribution is 2.31. The maximum atomic E-state index is 12.9. The number of alkyl halides is 3. The van der Waals surface area contributed by atoms with Crippen LogP contribution >= 0.6 is 11.8 Å². The zero-order valence-corrected chi connectivity index (χ0v) is 17.7. The number of aromatic nitrogens is 1. The van der Waals surface area contributed by atoms with Crippen LogP contribution in [0.5, 0.6) is 0 Å². The highest BCUT2D eigenvalue weighted by atomic mass is 32.2. The summed E-state index contributed by atoms with van der Waals surface area (Å²) >= 11 is 1.47. The second-order valence-electron chi connectivity index (χ2n) is 7.46. The van der Waals surface area contributed by atoms with Gasteiger partial charge in [-0.25, -0.2) is 4.98 Å². The van der Waals surface area contributed by atoms with Crippen molar-refractivity contribution in [3.63, 3.8) is 0 Å². The Morgan fingerprint density at radius 2 is 1.90 bits per heavy atom. The Morgan fingerprint density at radius 3 is 2.59 bits per heavy atom. The van der Waals surface area contributed by atoms with Crippen LogP contribution in [-0.4, -0.2) is 22.7 Å². The first kappa shape index (κ1) is 23.3. The van der Waals surface area contributed by atoms with Crippen molar-refractivity contribution in [2.75, 3.05) is 6.54 Å². The molecule has 0 spiro atoms. The highest BCUT2D eigenvalue weighted by Gasteiger charge is 2.30. The molecule has 2 rings (SSSR count). The molecule has 1 amide bonds. The molecule has 158 valence electrons. The molecule has 0 aliphatic heterocycles. The minimum absolute atomic E-state index is 0.0988. The molecule has 0 fully saturated rings. The third kappa shape index (κ3) is 7.72. The molecule has 1 aromatic heterocycles. The van der Waals surface area contributed by atoms with Crippen molar-refractivity contribution in [2.24, 2.45) is 5.92 Å². The topological polar surface area (TPSA) is 42.0 Å². The fourth-order valence-corrected chi connectivity index (χ4v) is 3.78. The molecule has 1 atom stereocenters. The van der Waals surface area contributed by atoms with Gasteiger partial charge in [-0.05, 0) is 48.9 Å². The molecule has 29 heavy (non-hydrogen) atoms. The van der Waals surface area contributed by atoms with Crippen molar-refractivity contribution in [3.05, 3.63) is 59.3 Å². The number of halogens is 3. The van der Waals surface area contributed by atoms with Gasteiger partial charge < -0.3 is 5.32 Å². The zero-order chi connectivity index (χ0) is 21.4. The van der Waals surface area contributed by atoms with Gasteiger partial charge in [0.1, 0.15) is 5.03 Å². The average molecular weight is 425 g/mol. The fraction of sp³-hybridized carbons (Fsp3) is 0.455. The number of aryl methyl sites for hydroxylation is 1. The van der Waals surface area contributed by atoms with E-state index < -0.39 is 11.7 Å². The molecule has 1 heterocycles. The molecule has 0 saturated heterocycles. The monoisotopic (exact) mass is 424 g/mol. The van der Waals surface area contributed by atoms with Crippen LogP contribution in [0.25, 0.3) is 0 Å². The van der Waals surface area contributed by atoms with E-state index in [0.717, 1.165) is 12.5 Å². The Bertz CT molecular complexity index is 809. The summed E-state index contributed by atoms with van der Waals surface area (Å²) in [5.74, 6) is 0.361. The zero-order valence-electron chi connectivity index (χ0n) is 16.9. The molecular weight excluding hydrogens is 397 g/mol. The maximum absolute atomic E-state index is 12.9. The summed E-state index contributed by atoms with van der Waals surface area (Å²) in [5.41, 5.74) is 0.563. The largest absolute Gasteiger partial charge is 0.416 e. The van der Waals surface area contributed by atoms with Crippen LogP contribution in [0.2, 0.25) is 0 Å². The number of carbonyl (C=O) groups excluding carboxylic acids is 1. The summed E-state index contributed by atoms with van der Waals surface area (Å²) < 4.78 is 38.6. The first-order valence-corrected chi connectivity index (χ1v) is 10.6. The number of carbonyl (C=O) groups is 1. The van der Waals surface area contributed by atoms with Gasteiger partial charge in [-0.2, -0.15) is 13.2 Å². The van der Waals surface area contributed by atoms with E-state index in [1.807, 2.05) is 6.92 Å². The molecule has 7 heteroatoms. The Balaban J connectivity index is 1.96. The smallest absolute Gasteiger partial charge is 0.352 e. The number of rotatable bonds is 9. The number of hydrogen-bond acceptors (Lipinski definition) is 3. The van der Waals surface area contributed by atoms with E-state index in [4.69, 9.17) is 0 Å². The van der Waals surface area contributed by atoms with Gasteiger partial charge in [0.2, 0.25) is 0 Å². The lowest BCUT2D eigenvalue weighted by Gasteiger charge is -2.14. The molecule has 2 aromatic rings.